The van der Waals surface area contributed by atoms with E-state index in [9.17, 15) is 40.7 Å². The molecule has 6 bridgehead atoms. The molecule has 2 aliphatic heterocycles. The molecule has 2 N–H and O–H groups in total. The Kier molecular flexibility index (Phi) is 11.6. The Balaban J connectivity index is 0.000000362. The Morgan fingerprint density at radius 3 is 2.16 bits per heavy atom. The number of ether oxygens (including phenoxy) is 1. The number of halogens is 7. The number of nitrogens with one attached hydrogen (secondary N) is 2. The van der Waals surface area contributed by atoms with Crippen molar-refractivity contribution in [2.45, 2.75) is 17.2 Å². The molecule has 2 aliphatic rings. The molecule has 1 fully saturated rings. The third-order valence-electron chi connectivity index (χ3n) is 7.28. The van der Waals surface area contributed by atoms with Crippen LogP contribution < -0.4 is 20.3 Å². The van der Waals surface area contributed by atoms with E-state index in [0.717, 1.165) is 29.4 Å². The summed E-state index contributed by atoms with van der Waals surface area (Å²) in [5.41, 5.74) is 3.27. The molecule has 0 unspecified atom stereocenters. The lowest BCUT2D eigenvalue weighted by Crippen LogP contribution is -2.48. The molecule has 268 valence electrons. The summed E-state index contributed by atoms with van der Waals surface area (Å²) in [6.45, 7) is 3.34. The molecule has 0 spiro atoms. The Labute approximate surface area is 296 Å². The summed E-state index contributed by atoms with van der Waals surface area (Å²) < 4.78 is 73.1. The van der Waals surface area contributed by atoms with Crippen molar-refractivity contribution >= 4 is 69.7 Å². The van der Waals surface area contributed by atoms with Gasteiger partial charge in [-0.25, -0.2) is 4.98 Å². The third kappa shape index (κ3) is 10.0. The van der Waals surface area contributed by atoms with Crippen LogP contribution in [-0.4, -0.2) is 83.2 Å². The fraction of sp³-hybridized carbons (Fsp3) is 0.242. The number of rotatable bonds is 3. The SMILES string of the molecule is O=C(C(=O)C(F)(F)F)C(F)(F)F.O=C(c1cc2cc(c1)OCCSc1cccc(c1)Nc1nc(ncc1Cl)N2)N1CCN(c2ccccc2)CC1. The number of fused-ring (bicyclic) bond motifs is 6. The summed E-state index contributed by atoms with van der Waals surface area (Å²) in [5.74, 6) is -4.63. The molecule has 3 aromatic carbocycles. The second-order valence-electron chi connectivity index (χ2n) is 10.9. The maximum atomic E-state index is 13.6. The number of thioether (sulfide) groups is 1. The van der Waals surface area contributed by atoms with E-state index in [1.807, 2.05) is 59.5 Å². The summed E-state index contributed by atoms with van der Waals surface area (Å²) in [7, 11) is 0. The number of nitrogens with zero attached hydrogens (tertiary/aromatic N) is 4. The quantitative estimate of drug-likeness (QED) is 0.163. The molecule has 1 aromatic heterocycles. The molecule has 51 heavy (non-hydrogen) atoms. The minimum absolute atomic E-state index is 0.0288. The molecule has 1 amide bonds. The summed E-state index contributed by atoms with van der Waals surface area (Å²) in [6, 6.07) is 23.8. The number of ketones is 2. The van der Waals surface area contributed by atoms with Gasteiger partial charge in [-0.05, 0) is 42.5 Å². The van der Waals surface area contributed by atoms with Crippen molar-refractivity contribution in [1.82, 2.24) is 14.9 Å². The fourth-order valence-corrected chi connectivity index (χ4v) is 5.81. The molecule has 10 nitrogen and oxygen atoms in total. The lowest BCUT2D eigenvalue weighted by molar-refractivity contribution is -0.193. The predicted molar refractivity (Wildman–Crippen MR) is 179 cm³/mol. The van der Waals surface area contributed by atoms with Crippen molar-refractivity contribution < 1.29 is 45.5 Å². The van der Waals surface area contributed by atoms with Crippen LogP contribution in [0, 0.1) is 0 Å². The molecule has 18 heteroatoms. The highest BCUT2D eigenvalue weighted by Gasteiger charge is 2.54. The van der Waals surface area contributed by atoms with Crippen molar-refractivity contribution in [3.05, 3.63) is 89.6 Å². The Hall–Kier alpha value is -5.03. The Morgan fingerprint density at radius 1 is 0.804 bits per heavy atom. The molecule has 3 heterocycles. The van der Waals surface area contributed by atoms with Gasteiger partial charge in [0.1, 0.15) is 10.8 Å². The van der Waals surface area contributed by atoms with Gasteiger partial charge in [0, 0.05) is 65.5 Å². The highest BCUT2D eigenvalue weighted by atomic mass is 35.5. The van der Waals surface area contributed by atoms with Gasteiger partial charge < -0.3 is 25.2 Å². The minimum Gasteiger partial charge on any atom is -0.493 e. The molecular formula is C33H27ClF6N6O4S. The van der Waals surface area contributed by atoms with Gasteiger partial charge in [0.2, 0.25) is 5.95 Å². The number of amides is 1. The number of carbonyl (C=O) groups excluding carboxylic acids is 3. The number of piperazine rings is 1. The van der Waals surface area contributed by atoms with E-state index in [4.69, 9.17) is 16.3 Å². The lowest BCUT2D eigenvalue weighted by atomic mass is 10.1. The van der Waals surface area contributed by atoms with Gasteiger partial charge in [0.25, 0.3) is 5.91 Å². The molecule has 4 aromatic rings. The highest BCUT2D eigenvalue weighted by Crippen LogP contribution is 2.30. The van der Waals surface area contributed by atoms with Crippen LogP contribution in [0.3, 0.4) is 0 Å². The zero-order valence-electron chi connectivity index (χ0n) is 26.2. The number of para-hydroxylation sites is 1. The second kappa shape index (κ2) is 15.9. The number of Topliss-reactive ketones (excluding diaryl/α,β-unsaturated/α-hetero) is 2. The second-order valence-corrected chi connectivity index (χ2v) is 12.5. The van der Waals surface area contributed by atoms with E-state index in [0.29, 0.717) is 53.5 Å². The van der Waals surface area contributed by atoms with Crippen LogP contribution in [0.2, 0.25) is 5.02 Å². The largest absolute Gasteiger partial charge is 0.493 e. The fourth-order valence-electron chi connectivity index (χ4n) is 4.89. The molecule has 6 rings (SSSR count). The molecular weight excluding hydrogens is 726 g/mol. The average Bonchev–Trinajstić information content (AvgIpc) is 3.10. The van der Waals surface area contributed by atoms with Crippen molar-refractivity contribution in [2.75, 3.05) is 54.1 Å². The number of benzene rings is 3. The van der Waals surface area contributed by atoms with Crippen molar-refractivity contribution in [3.8, 4) is 5.75 Å². The summed E-state index contributed by atoms with van der Waals surface area (Å²) in [4.78, 5) is 47.0. The van der Waals surface area contributed by atoms with E-state index in [2.05, 4.69) is 43.7 Å². The van der Waals surface area contributed by atoms with Crippen molar-refractivity contribution in [2.24, 2.45) is 0 Å². The number of hydrogen-bond donors (Lipinski definition) is 2. The number of carbonyl (C=O) groups is 3. The molecule has 0 aliphatic carbocycles. The van der Waals surface area contributed by atoms with Crippen molar-refractivity contribution in [3.63, 3.8) is 0 Å². The molecule has 0 radical (unpaired) electrons. The first kappa shape index (κ1) is 37.2. The monoisotopic (exact) mass is 752 g/mol. The first-order chi connectivity index (χ1) is 24.2. The normalized spacial score (nSPS) is 14.6. The van der Waals surface area contributed by atoms with E-state index in [1.165, 1.54) is 5.69 Å². The van der Waals surface area contributed by atoms with E-state index in [-0.39, 0.29) is 5.91 Å². The van der Waals surface area contributed by atoms with Gasteiger partial charge in [-0.15, -0.1) is 11.8 Å². The maximum absolute atomic E-state index is 13.6. The first-order valence-electron chi connectivity index (χ1n) is 15.1. The zero-order chi connectivity index (χ0) is 36.8. The summed E-state index contributed by atoms with van der Waals surface area (Å²) in [5, 5.41) is 6.92. The molecule has 1 saturated heterocycles. The highest BCUT2D eigenvalue weighted by molar-refractivity contribution is 7.99. The standard InChI is InChI=1S/C29H27ClN6O2S.C4F6O2/c30-26-19-31-29-33-22-15-20(28(37)36-11-9-35(10-12-36)23-6-2-1-3-7-23)16-24(17-22)38-13-14-39-25-8-4-5-21(18-25)32-27(26)34-29;5-3(6,7)1(11)2(12)4(8,9)10/h1-8,15-19H,9-14H2,(H2,31,32,33,34);. The van der Waals surface area contributed by atoms with Gasteiger partial charge in [0.05, 0.1) is 12.8 Å². The number of hydrogen-bond acceptors (Lipinski definition) is 10. The van der Waals surface area contributed by atoms with Crippen LogP contribution in [0.25, 0.3) is 0 Å². The van der Waals surface area contributed by atoms with Crippen molar-refractivity contribution in [1.29, 1.82) is 0 Å². The van der Waals surface area contributed by atoms with Crippen LogP contribution >= 0.6 is 23.4 Å². The van der Waals surface area contributed by atoms with Crippen LogP contribution in [0.5, 0.6) is 5.75 Å². The summed E-state index contributed by atoms with van der Waals surface area (Å²) >= 11 is 8.08. The number of aromatic nitrogens is 2. The van der Waals surface area contributed by atoms with Gasteiger partial charge in [-0.3, -0.25) is 14.4 Å². The Morgan fingerprint density at radius 2 is 1.49 bits per heavy atom. The minimum atomic E-state index is -5.77. The van der Waals surface area contributed by atoms with Crippen LogP contribution in [0.4, 0.5) is 55.2 Å². The molecule has 0 atom stereocenters. The van der Waals surface area contributed by atoms with Gasteiger partial charge >= 0.3 is 23.9 Å². The number of anilines is 5. The number of alkyl halides is 6. The van der Waals surface area contributed by atoms with E-state index in [1.54, 1.807) is 18.0 Å². The van der Waals surface area contributed by atoms with Gasteiger partial charge in [-0.2, -0.15) is 31.3 Å². The van der Waals surface area contributed by atoms with Gasteiger partial charge in [-0.1, -0.05) is 35.9 Å². The zero-order valence-corrected chi connectivity index (χ0v) is 27.8. The van der Waals surface area contributed by atoms with E-state index < -0.39 is 23.9 Å². The van der Waals surface area contributed by atoms with E-state index >= 15 is 0 Å². The first-order valence-corrected chi connectivity index (χ1v) is 16.4. The topological polar surface area (TPSA) is 117 Å². The van der Waals surface area contributed by atoms with Crippen LogP contribution in [0.15, 0.2) is 83.9 Å². The Bertz CT molecular complexity index is 1870. The molecule has 0 saturated carbocycles. The summed E-state index contributed by atoms with van der Waals surface area (Å²) in [6.07, 6.45) is -9.99. The van der Waals surface area contributed by atoms with Crippen LogP contribution in [-0.2, 0) is 9.59 Å². The predicted octanol–water partition coefficient (Wildman–Crippen LogP) is 7.31. The third-order valence-corrected chi connectivity index (χ3v) is 8.52. The van der Waals surface area contributed by atoms with Gasteiger partial charge in [0.15, 0.2) is 5.82 Å². The van der Waals surface area contributed by atoms with Crippen LogP contribution in [0.1, 0.15) is 10.4 Å². The maximum Gasteiger partial charge on any atom is 0.458 e. The lowest BCUT2D eigenvalue weighted by Gasteiger charge is -2.36. The average molecular weight is 753 g/mol. The smallest absolute Gasteiger partial charge is 0.458 e.